The molecule has 3 aromatic rings. The number of amides is 2. The van der Waals surface area contributed by atoms with Gasteiger partial charge in [0.1, 0.15) is 0 Å². The van der Waals surface area contributed by atoms with E-state index in [1.54, 1.807) is 0 Å². The lowest BCUT2D eigenvalue weighted by Gasteiger charge is -2.34. The third-order valence-electron chi connectivity index (χ3n) is 8.50. The Morgan fingerprint density at radius 3 is 1.37 bits per heavy atom. The van der Waals surface area contributed by atoms with E-state index in [0.717, 1.165) is 12.8 Å². The van der Waals surface area contributed by atoms with E-state index in [1.807, 2.05) is 27.7 Å². The highest BCUT2D eigenvalue weighted by Gasteiger charge is 2.33. The van der Waals surface area contributed by atoms with Gasteiger partial charge in [0.05, 0.1) is 27.4 Å². The van der Waals surface area contributed by atoms with Gasteiger partial charge in [-0.3, -0.25) is 14.6 Å². The smallest absolute Gasteiger partial charge is 0.255 e. The molecule has 2 aliphatic rings. The summed E-state index contributed by atoms with van der Waals surface area (Å²) in [5.41, 5.74) is 0.993. The molecule has 4 atom stereocenters. The van der Waals surface area contributed by atoms with Gasteiger partial charge in [-0.15, -0.1) is 0 Å². The zero-order valence-electron chi connectivity index (χ0n) is 26.5. The van der Waals surface area contributed by atoms with E-state index in [4.69, 9.17) is 0 Å². The number of nitrogens with one attached hydrogen (secondary N) is 2. The van der Waals surface area contributed by atoms with Crippen LogP contribution in [0.4, 0.5) is 11.4 Å². The number of carbonyl (C=O) groups excluding carboxylic acids is 2. The molecule has 11 nitrogen and oxygen atoms in total. The maximum atomic E-state index is 13.2. The van der Waals surface area contributed by atoms with E-state index in [9.17, 15) is 26.4 Å². The first kappa shape index (κ1) is 33.7. The summed E-state index contributed by atoms with van der Waals surface area (Å²) in [4.78, 5) is 30.5. The average Bonchev–Trinajstić information content (AvgIpc) is 3.01. The molecule has 2 fully saturated rings. The lowest BCUT2D eigenvalue weighted by Crippen LogP contribution is -2.42. The molecule has 246 valence electrons. The van der Waals surface area contributed by atoms with E-state index in [2.05, 4.69) is 15.6 Å². The maximum Gasteiger partial charge on any atom is 0.255 e. The summed E-state index contributed by atoms with van der Waals surface area (Å²) in [5.74, 6) is 0.0694. The van der Waals surface area contributed by atoms with Crippen LogP contribution in [-0.2, 0) is 20.0 Å². The van der Waals surface area contributed by atoms with Gasteiger partial charge in [0.2, 0.25) is 20.0 Å². The zero-order chi connectivity index (χ0) is 33.2. The van der Waals surface area contributed by atoms with Crippen LogP contribution in [0.2, 0.25) is 0 Å². The minimum Gasteiger partial charge on any atom is -0.320 e. The summed E-state index contributed by atoms with van der Waals surface area (Å²) in [7, 11) is -7.38. The molecular weight excluding hydrogens is 627 g/mol. The van der Waals surface area contributed by atoms with Gasteiger partial charge in [-0.1, -0.05) is 27.7 Å². The van der Waals surface area contributed by atoms with Crippen LogP contribution in [0.25, 0.3) is 0 Å². The van der Waals surface area contributed by atoms with E-state index in [-0.39, 0.29) is 56.0 Å². The number of benzene rings is 2. The second-order valence-electron chi connectivity index (χ2n) is 12.9. The predicted molar refractivity (Wildman–Crippen MR) is 176 cm³/mol. The predicted octanol–water partition coefficient (Wildman–Crippen LogP) is 4.92. The average molecular weight is 668 g/mol. The molecule has 0 spiro atoms. The number of hydrogen-bond donors (Lipinski definition) is 2. The summed E-state index contributed by atoms with van der Waals surface area (Å²) in [5, 5.41) is 5.48. The number of sulfonamides is 2. The molecule has 4 unspecified atom stereocenters. The first-order valence-electron chi connectivity index (χ1n) is 15.5. The van der Waals surface area contributed by atoms with Gasteiger partial charge in [0.25, 0.3) is 11.8 Å². The highest BCUT2D eigenvalue weighted by atomic mass is 32.2. The number of hydrogen-bond acceptors (Lipinski definition) is 7. The molecule has 1 aromatic heterocycles. The Hall–Kier alpha value is -3.65. The molecule has 13 heteroatoms. The van der Waals surface area contributed by atoms with Gasteiger partial charge >= 0.3 is 0 Å². The lowest BCUT2D eigenvalue weighted by atomic mass is 9.94. The van der Waals surface area contributed by atoms with Crippen molar-refractivity contribution >= 4 is 43.2 Å². The fraction of sp³-hybridized carbons (Fsp3) is 0.424. The first-order valence-corrected chi connectivity index (χ1v) is 18.4. The van der Waals surface area contributed by atoms with Crippen molar-refractivity contribution in [2.24, 2.45) is 23.7 Å². The lowest BCUT2D eigenvalue weighted by molar-refractivity contribution is 0.101. The summed E-state index contributed by atoms with van der Waals surface area (Å²) < 4.78 is 55.9. The third-order valence-corrected chi connectivity index (χ3v) is 12.2. The molecular formula is C33H41N5O6S2. The van der Waals surface area contributed by atoms with E-state index in [1.165, 1.54) is 75.6 Å². The number of nitrogens with zero attached hydrogens (tertiary/aromatic N) is 3. The summed E-state index contributed by atoms with van der Waals surface area (Å²) in [6.07, 6.45) is 4.82. The molecule has 2 saturated heterocycles. The number of carbonyl (C=O) groups is 2. The largest absolute Gasteiger partial charge is 0.320 e. The van der Waals surface area contributed by atoms with Crippen LogP contribution >= 0.6 is 0 Å². The van der Waals surface area contributed by atoms with E-state index in [0.29, 0.717) is 26.2 Å². The van der Waals surface area contributed by atoms with Crippen molar-refractivity contribution in [2.75, 3.05) is 36.8 Å². The van der Waals surface area contributed by atoms with Crippen LogP contribution in [0.1, 0.15) is 61.3 Å². The Morgan fingerprint density at radius 2 is 0.978 bits per heavy atom. The molecule has 5 rings (SSSR count). The minimum absolute atomic E-state index is 0.124. The van der Waals surface area contributed by atoms with Gasteiger partial charge in [-0.05, 0) is 91.1 Å². The maximum absolute atomic E-state index is 13.2. The Morgan fingerprint density at radius 1 is 0.609 bits per heavy atom. The van der Waals surface area contributed by atoms with Gasteiger partial charge in [-0.25, -0.2) is 16.8 Å². The van der Waals surface area contributed by atoms with Crippen LogP contribution in [0.5, 0.6) is 0 Å². The Labute approximate surface area is 271 Å². The molecule has 2 aliphatic heterocycles. The van der Waals surface area contributed by atoms with Crippen molar-refractivity contribution in [3.8, 4) is 0 Å². The molecule has 2 N–H and O–H groups in total. The Kier molecular flexibility index (Phi) is 9.97. The number of anilines is 2. The molecule has 46 heavy (non-hydrogen) atoms. The van der Waals surface area contributed by atoms with Gasteiger partial charge in [0.15, 0.2) is 0 Å². The molecule has 0 aliphatic carbocycles. The monoisotopic (exact) mass is 667 g/mol. The quantitative estimate of drug-likeness (QED) is 0.347. The van der Waals surface area contributed by atoms with E-state index >= 15 is 0 Å². The standard InChI is InChI=1S/C33H41N5O6S2/c1-22-15-23(2)19-37(18-22)45(41,42)28-9-5-26(6-10-28)32(39)35-30-13-14-34-17-31(30)36-33(40)27-7-11-29(12-8-27)46(43,44)38-20-24(3)16-25(4)21-38/h5-14,17,22-25H,15-16,18-21H2,1-4H3,(H,36,40)(H,34,35,39). The van der Waals surface area contributed by atoms with Crippen LogP contribution in [-0.4, -0.2) is 68.4 Å². The van der Waals surface area contributed by atoms with Crippen LogP contribution in [0.15, 0.2) is 76.8 Å². The van der Waals surface area contributed by atoms with Crippen molar-refractivity contribution in [1.82, 2.24) is 13.6 Å². The summed E-state index contributed by atoms with van der Waals surface area (Å²) in [6, 6.07) is 13.1. The molecule has 2 aromatic carbocycles. The normalized spacial score (nSPS) is 23.0. The number of piperidine rings is 2. The SMILES string of the molecule is CC1CC(C)CN(S(=O)(=O)c2ccc(C(=O)Nc3ccncc3NC(=O)c3ccc(S(=O)(=O)N4CC(C)CC(C)C4)cc3)cc2)C1. The summed E-state index contributed by atoms with van der Waals surface area (Å²) >= 11 is 0. The van der Waals surface area contributed by atoms with Crippen LogP contribution in [0, 0.1) is 23.7 Å². The molecule has 2 amide bonds. The summed E-state index contributed by atoms with van der Waals surface area (Å²) in [6.45, 7) is 10.0. The van der Waals surface area contributed by atoms with Crippen molar-refractivity contribution in [3.05, 3.63) is 78.1 Å². The second-order valence-corrected chi connectivity index (χ2v) is 16.8. The Bertz CT molecular complexity index is 1640. The molecule has 0 bridgehead atoms. The number of pyridine rings is 1. The Balaban J connectivity index is 1.25. The van der Waals surface area contributed by atoms with Gasteiger partial charge in [-0.2, -0.15) is 8.61 Å². The fourth-order valence-electron chi connectivity index (χ4n) is 6.45. The minimum atomic E-state index is -3.69. The number of rotatable bonds is 8. The zero-order valence-corrected chi connectivity index (χ0v) is 28.1. The van der Waals surface area contributed by atoms with Crippen LogP contribution in [0.3, 0.4) is 0 Å². The van der Waals surface area contributed by atoms with Crippen molar-refractivity contribution in [1.29, 1.82) is 0 Å². The van der Waals surface area contributed by atoms with Gasteiger partial charge in [0, 0.05) is 43.5 Å². The van der Waals surface area contributed by atoms with E-state index < -0.39 is 31.9 Å². The second kappa shape index (κ2) is 13.6. The third kappa shape index (κ3) is 7.49. The fourth-order valence-corrected chi connectivity index (χ4v) is 9.81. The topological polar surface area (TPSA) is 146 Å². The van der Waals surface area contributed by atoms with Crippen LogP contribution < -0.4 is 10.6 Å². The molecule has 3 heterocycles. The highest BCUT2D eigenvalue weighted by molar-refractivity contribution is 7.89. The van der Waals surface area contributed by atoms with Crippen molar-refractivity contribution in [3.63, 3.8) is 0 Å². The highest BCUT2D eigenvalue weighted by Crippen LogP contribution is 2.29. The van der Waals surface area contributed by atoms with Crippen molar-refractivity contribution in [2.45, 2.75) is 50.3 Å². The molecule has 0 saturated carbocycles. The van der Waals surface area contributed by atoms with Gasteiger partial charge < -0.3 is 10.6 Å². The first-order chi connectivity index (χ1) is 21.7. The number of aromatic nitrogens is 1. The molecule has 0 radical (unpaired) electrons. The van der Waals surface area contributed by atoms with Crippen molar-refractivity contribution < 1.29 is 26.4 Å².